The summed E-state index contributed by atoms with van der Waals surface area (Å²) in [6.07, 6.45) is -0.598. The number of hydrogen-bond donors (Lipinski definition) is 0. The van der Waals surface area contributed by atoms with E-state index in [1.165, 1.54) is 0 Å². The van der Waals surface area contributed by atoms with Crippen LogP contribution in [0.15, 0.2) is 64.3 Å². The van der Waals surface area contributed by atoms with E-state index in [4.69, 9.17) is 21.1 Å². The molecule has 4 nitrogen and oxygen atoms in total. The highest BCUT2D eigenvalue weighted by atomic mass is 79.9. The van der Waals surface area contributed by atoms with Crippen LogP contribution in [-0.4, -0.2) is 11.9 Å². The fourth-order valence-electron chi connectivity index (χ4n) is 3.11. The second-order valence-electron chi connectivity index (χ2n) is 6.91. The lowest BCUT2D eigenvalue weighted by molar-refractivity contribution is -0.155. The highest BCUT2D eigenvalue weighted by molar-refractivity contribution is 9.10. The van der Waals surface area contributed by atoms with Crippen LogP contribution in [0.3, 0.4) is 0 Å². The summed E-state index contributed by atoms with van der Waals surface area (Å²) in [7, 11) is 0. The quantitative estimate of drug-likeness (QED) is 0.551. The standard InChI is InChI=1S/C21H18BrClO4/c1-12-17(26-20(25)14-4-8-15(22)9-5-14)21(2,3)18(27-19(12)24)13-6-10-16(23)11-7-13/h4-11,18H,1-3H3. The fourth-order valence-corrected chi connectivity index (χ4v) is 3.50. The molecule has 1 unspecified atom stereocenters. The molecule has 1 heterocycles. The lowest BCUT2D eigenvalue weighted by Gasteiger charge is -2.39. The van der Waals surface area contributed by atoms with Crippen molar-refractivity contribution in [3.63, 3.8) is 0 Å². The smallest absolute Gasteiger partial charge is 0.343 e. The van der Waals surface area contributed by atoms with Crippen LogP contribution in [0.25, 0.3) is 0 Å². The van der Waals surface area contributed by atoms with Crippen LogP contribution in [-0.2, 0) is 14.3 Å². The van der Waals surface area contributed by atoms with E-state index in [0.29, 0.717) is 16.3 Å². The minimum Gasteiger partial charge on any atom is -0.453 e. The normalized spacial score (nSPS) is 18.9. The molecule has 0 amide bonds. The largest absolute Gasteiger partial charge is 0.453 e. The maximum atomic E-state index is 12.6. The lowest BCUT2D eigenvalue weighted by Crippen LogP contribution is -2.37. The first kappa shape index (κ1) is 19.6. The summed E-state index contributed by atoms with van der Waals surface area (Å²) in [5.41, 5.74) is 0.728. The van der Waals surface area contributed by atoms with Gasteiger partial charge in [0, 0.05) is 9.50 Å². The molecule has 1 aliphatic rings. The maximum Gasteiger partial charge on any atom is 0.343 e. The van der Waals surface area contributed by atoms with E-state index in [9.17, 15) is 9.59 Å². The molecule has 2 aromatic carbocycles. The Morgan fingerprint density at radius 3 is 2.30 bits per heavy atom. The molecule has 0 bridgehead atoms. The first-order chi connectivity index (χ1) is 12.7. The summed E-state index contributed by atoms with van der Waals surface area (Å²) < 4.78 is 12.2. The molecule has 0 saturated heterocycles. The molecule has 2 aromatic rings. The van der Waals surface area contributed by atoms with Gasteiger partial charge >= 0.3 is 11.9 Å². The summed E-state index contributed by atoms with van der Waals surface area (Å²) in [6.45, 7) is 5.37. The van der Waals surface area contributed by atoms with Gasteiger partial charge in [-0.15, -0.1) is 0 Å². The summed E-state index contributed by atoms with van der Waals surface area (Å²) >= 11 is 9.30. The Bertz CT molecular complexity index is 914. The molecule has 0 N–H and O–H groups in total. The van der Waals surface area contributed by atoms with Crippen molar-refractivity contribution in [3.05, 3.63) is 80.5 Å². The molecule has 3 rings (SSSR count). The molecule has 0 spiro atoms. The zero-order valence-corrected chi connectivity index (χ0v) is 17.4. The van der Waals surface area contributed by atoms with Gasteiger partial charge in [0.05, 0.1) is 16.6 Å². The molecule has 140 valence electrons. The Balaban J connectivity index is 1.95. The number of hydrogen-bond acceptors (Lipinski definition) is 4. The van der Waals surface area contributed by atoms with E-state index in [0.717, 1.165) is 10.0 Å². The Morgan fingerprint density at radius 1 is 1.11 bits per heavy atom. The van der Waals surface area contributed by atoms with Gasteiger partial charge in [0.1, 0.15) is 11.9 Å². The van der Waals surface area contributed by atoms with Crippen LogP contribution < -0.4 is 0 Å². The molecule has 0 saturated carbocycles. The average molecular weight is 450 g/mol. The highest BCUT2D eigenvalue weighted by Gasteiger charge is 2.46. The number of halogens is 2. The Kier molecular flexibility index (Phi) is 5.45. The summed E-state index contributed by atoms with van der Waals surface area (Å²) in [6, 6.07) is 13.9. The van der Waals surface area contributed by atoms with Crippen molar-refractivity contribution in [2.45, 2.75) is 26.9 Å². The fraction of sp³-hybridized carbons (Fsp3) is 0.238. The Morgan fingerprint density at radius 2 is 1.70 bits per heavy atom. The molecule has 1 atom stereocenters. The summed E-state index contributed by atoms with van der Waals surface area (Å²) in [5, 5.41) is 0.590. The molecule has 6 heteroatoms. The van der Waals surface area contributed by atoms with Gasteiger partial charge in [-0.05, 0) is 62.7 Å². The van der Waals surface area contributed by atoms with Crippen LogP contribution in [0.2, 0.25) is 5.02 Å². The van der Waals surface area contributed by atoms with E-state index in [2.05, 4.69) is 15.9 Å². The van der Waals surface area contributed by atoms with Gasteiger partial charge in [0.2, 0.25) is 0 Å². The summed E-state index contributed by atoms with van der Waals surface area (Å²) in [5.74, 6) is -0.714. The highest BCUT2D eigenvalue weighted by Crippen LogP contribution is 2.48. The molecule has 1 aliphatic heterocycles. The van der Waals surface area contributed by atoms with Gasteiger partial charge in [0.15, 0.2) is 0 Å². The van der Waals surface area contributed by atoms with Crippen LogP contribution in [0, 0.1) is 5.41 Å². The number of ether oxygens (including phenoxy) is 2. The van der Waals surface area contributed by atoms with Crippen LogP contribution >= 0.6 is 27.5 Å². The van der Waals surface area contributed by atoms with Crippen LogP contribution in [0.1, 0.15) is 42.8 Å². The third-order valence-corrected chi connectivity index (χ3v) is 5.34. The topological polar surface area (TPSA) is 52.6 Å². The maximum absolute atomic E-state index is 12.6. The second kappa shape index (κ2) is 7.49. The number of cyclic esters (lactones) is 1. The van der Waals surface area contributed by atoms with Crippen molar-refractivity contribution in [2.75, 3.05) is 0 Å². The third-order valence-electron chi connectivity index (χ3n) is 4.56. The van der Waals surface area contributed by atoms with E-state index in [1.54, 1.807) is 55.5 Å². The Hall–Kier alpha value is -2.11. The first-order valence-electron chi connectivity index (χ1n) is 8.35. The predicted octanol–water partition coefficient (Wildman–Crippen LogP) is 5.86. The zero-order chi connectivity index (χ0) is 19.8. The zero-order valence-electron chi connectivity index (χ0n) is 15.1. The number of rotatable bonds is 3. The van der Waals surface area contributed by atoms with Gasteiger partial charge in [-0.3, -0.25) is 0 Å². The molecule has 0 aromatic heterocycles. The van der Waals surface area contributed by atoms with Gasteiger partial charge in [-0.2, -0.15) is 0 Å². The van der Waals surface area contributed by atoms with Gasteiger partial charge < -0.3 is 9.47 Å². The number of benzene rings is 2. The van der Waals surface area contributed by atoms with Crippen molar-refractivity contribution >= 4 is 39.5 Å². The molecule has 0 aliphatic carbocycles. The van der Waals surface area contributed by atoms with E-state index >= 15 is 0 Å². The van der Waals surface area contributed by atoms with Gasteiger partial charge in [0.25, 0.3) is 0 Å². The minimum atomic E-state index is -0.739. The van der Waals surface area contributed by atoms with Gasteiger partial charge in [-0.25, -0.2) is 9.59 Å². The second-order valence-corrected chi connectivity index (χ2v) is 8.26. The molecule has 0 fully saturated rings. The monoisotopic (exact) mass is 448 g/mol. The van der Waals surface area contributed by atoms with Crippen molar-refractivity contribution in [1.29, 1.82) is 0 Å². The van der Waals surface area contributed by atoms with Crippen molar-refractivity contribution in [2.24, 2.45) is 5.41 Å². The van der Waals surface area contributed by atoms with E-state index in [1.807, 2.05) is 13.8 Å². The van der Waals surface area contributed by atoms with E-state index in [-0.39, 0.29) is 5.57 Å². The van der Waals surface area contributed by atoms with Crippen LogP contribution in [0.4, 0.5) is 0 Å². The molecule has 27 heavy (non-hydrogen) atoms. The lowest BCUT2D eigenvalue weighted by atomic mass is 9.77. The van der Waals surface area contributed by atoms with Crippen molar-refractivity contribution in [1.82, 2.24) is 0 Å². The molecular formula is C21H18BrClO4. The number of carbonyl (C=O) groups excluding carboxylic acids is 2. The van der Waals surface area contributed by atoms with Crippen LogP contribution in [0.5, 0.6) is 0 Å². The minimum absolute atomic E-state index is 0.288. The third kappa shape index (κ3) is 3.94. The van der Waals surface area contributed by atoms with Crippen molar-refractivity contribution in [3.8, 4) is 0 Å². The Labute approximate surface area is 171 Å². The average Bonchev–Trinajstić information content (AvgIpc) is 2.63. The molecular weight excluding hydrogens is 432 g/mol. The summed E-state index contributed by atoms with van der Waals surface area (Å²) in [4.78, 5) is 25.0. The molecule has 0 radical (unpaired) electrons. The SMILES string of the molecule is CC1=C(OC(=O)c2ccc(Br)cc2)C(C)(C)C(c2ccc(Cl)cc2)OC1=O. The van der Waals surface area contributed by atoms with Crippen molar-refractivity contribution < 1.29 is 19.1 Å². The number of carbonyl (C=O) groups is 2. The predicted molar refractivity (Wildman–Crippen MR) is 106 cm³/mol. The van der Waals surface area contributed by atoms with E-state index < -0.39 is 23.5 Å². The number of esters is 2. The van der Waals surface area contributed by atoms with Gasteiger partial charge in [-0.1, -0.05) is 39.7 Å². The first-order valence-corrected chi connectivity index (χ1v) is 9.53.